The largest absolute Gasteiger partial charge is 0.322 e. The molecule has 0 atom stereocenters. The van der Waals surface area contributed by atoms with Gasteiger partial charge in [-0.1, -0.05) is 0 Å². The van der Waals surface area contributed by atoms with Gasteiger partial charge in [-0.2, -0.15) is 0 Å². The molecule has 92 valence electrons. The van der Waals surface area contributed by atoms with Gasteiger partial charge >= 0.3 is 0 Å². The third-order valence-electron chi connectivity index (χ3n) is 2.14. The number of hydrogen-bond donors (Lipinski definition) is 1. The summed E-state index contributed by atoms with van der Waals surface area (Å²) in [4.78, 5) is 15.5. The summed E-state index contributed by atoms with van der Waals surface area (Å²) in [6.07, 6.45) is 2.38. The highest BCUT2D eigenvalue weighted by Crippen LogP contribution is 2.22. The first-order chi connectivity index (χ1) is 8.56. The van der Waals surface area contributed by atoms with Crippen molar-refractivity contribution >= 4 is 50.1 Å². The monoisotopic (exact) mass is 420 g/mol. The quantitative estimate of drug-likeness (QED) is 0.750. The Bertz CT molecular complexity index is 606. The zero-order valence-corrected chi connectivity index (χ0v) is 12.7. The van der Waals surface area contributed by atoms with E-state index in [0.717, 1.165) is 20.3 Å². The molecule has 0 aliphatic carbocycles. The van der Waals surface area contributed by atoms with Gasteiger partial charge in [-0.15, -0.1) is 0 Å². The fourth-order valence-corrected chi connectivity index (χ4v) is 2.08. The predicted molar refractivity (Wildman–Crippen MR) is 79.0 cm³/mol. The lowest BCUT2D eigenvalue weighted by Crippen LogP contribution is -2.12. The van der Waals surface area contributed by atoms with E-state index in [1.807, 2.05) is 12.1 Å². The summed E-state index contributed by atoms with van der Waals surface area (Å²) in [7, 11) is 0. The number of carbonyl (C=O) groups is 1. The van der Waals surface area contributed by atoms with Gasteiger partial charge < -0.3 is 5.32 Å². The van der Waals surface area contributed by atoms with Crippen LogP contribution in [0, 0.1) is 9.39 Å². The molecule has 0 unspecified atom stereocenters. The highest BCUT2D eigenvalue weighted by Gasteiger charge is 2.08. The number of aromatic nitrogens is 1. The van der Waals surface area contributed by atoms with Gasteiger partial charge in [0.1, 0.15) is 5.82 Å². The lowest BCUT2D eigenvalue weighted by atomic mass is 10.2. The van der Waals surface area contributed by atoms with Crippen LogP contribution in [0.4, 0.5) is 10.1 Å². The molecule has 1 aromatic carbocycles. The average molecular weight is 421 g/mol. The molecule has 0 aliphatic heterocycles. The van der Waals surface area contributed by atoms with Crippen LogP contribution in [-0.4, -0.2) is 10.9 Å². The second-order valence-corrected chi connectivity index (χ2v) is 5.49. The molecule has 0 spiro atoms. The van der Waals surface area contributed by atoms with Gasteiger partial charge in [0.05, 0.1) is 11.8 Å². The zero-order chi connectivity index (χ0) is 13.1. The predicted octanol–water partition coefficient (Wildman–Crippen LogP) is 3.84. The van der Waals surface area contributed by atoms with Crippen molar-refractivity contribution in [3.63, 3.8) is 0 Å². The Labute approximate surface area is 125 Å². The summed E-state index contributed by atoms with van der Waals surface area (Å²) in [6, 6.07) is 6.56. The third-order valence-corrected chi connectivity index (χ3v) is 4.47. The first-order valence-corrected chi connectivity index (χ1v) is 6.80. The Balaban J connectivity index is 2.18. The van der Waals surface area contributed by atoms with Crippen LogP contribution in [0.2, 0.25) is 0 Å². The SMILES string of the molecule is O=C(Nc1ccc(Br)c(I)c1)c1cncc(F)c1. The van der Waals surface area contributed by atoms with Crippen LogP contribution in [0.25, 0.3) is 0 Å². The van der Waals surface area contributed by atoms with Crippen LogP contribution in [-0.2, 0) is 0 Å². The third kappa shape index (κ3) is 3.26. The van der Waals surface area contributed by atoms with E-state index in [9.17, 15) is 9.18 Å². The molecule has 3 nitrogen and oxygen atoms in total. The highest BCUT2D eigenvalue weighted by molar-refractivity contribution is 14.1. The number of benzene rings is 1. The highest BCUT2D eigenvalue weighted by atomic mass is 127. The van der Waals surface area contributed by atoms with Crippen molar-refractivity contribution in [1.82, 2.24) is 4.98 Å². The number of rotatable bonds is 2. The summed E-state index contributed by atoms with van der Waals surface area (Å²) in [5.41, 5.74) is 0.838. The Morgan fingerprint density at radius 2 is 2.11 bits per heavy atom. The topological polar surface area (TPSA) is 42.0 Å². The molecule has 1 aromatic heterocycles. The van der Waals surface area contributed by atoms with Gasteiger partial charge in [0.25, 0.3) is 5.91 Å². The first kappa shape index (κ1) is 13.4. The van der Waals surface area contributed by atoms with Crippen molar-refractivity contribution in [3.8, 4) is 0 Å². The number of nitrogens with zero attached hydrogens (tertiary/aromatic N) is 1. The summed E-state index contributed by atoms with van der Waals surface area (Å²) >= 11 is 5.52. The van der Waals surface area contributed by atoms with Crippen LogP contribution in [0.15, 0.2) is 41.1 Å². The summed E-state index contributed by atoms with van der Waals surface area (Å²) < 4.78 is 14.9. The van der Waals surface area contributed by atoms with Crippen molar-refractivity contribution in [2.75, 3.05) is 5.32 Å². The summed E-state index contributed by atoms with van der Waals surface area (Å²) in [5, 5.41) is 2.68. The van der Waals surface area contributed by atoms with E-state index >= 15 is 0 Å². The maximum absolute atomic E-state index is 12.9. The average Bonchev–Trinajstić information content (AvgIpc) is 2.34. The van der Waals surface area contributed by atoms with Crippen molar-refractivity contribution in [2.45, 2.75) is 0 Å². The Morgan fingerprint density at radius 3 is 2.78 bits per heavy atom. The van der Waals surface area contributed by atoms with Gasteiger partial charge in [-0.25, -0.2) is 4.39 Å². The molecule has 1 heterocycles. The van der Waals surface area contributed by atoms with Gasteiger partial charge in [0.2, 0.25) is 0 Å². The normalized spacial score (nSPS) is 10.2. The van der Waals surface area contributed by atoms with E-state index < -0.39 is 5.82 Å². The van der Waals surface area contributed by atoms with Crippen molar-refractivity contribution in [1.29, 1.82) is 0 Å². The second-order valence-electron chi connectivity index (χ2n) is 3.47. The van der Waals surface area contributed by atoms with Gasteiger partial charge in [-0.05, 0) is 62.8 Å². The zero-order valence-electron chi connectivity index (χ0n) is 8.95. The van der Waals surface area contributed by atoms with Crippen LogP contribution >= 0.6 is 38.5 Å². The molecule has 0 bridgehead atoms. The molecule has 0 aliphatic rings. The van der Waals surface area contributed by atoms with E-state index in [4.69, 9.17) is 0 Å². The van der Waals surface area contributed by atoms with Gasteiger partial charge in [-0.3, -0.25) is 9.78 Å². The smallest absolute Gasteiger partial charge is 0.257 e. The fourth-order valence-electron chi connectivity index (χ4n) is 1.31. The number of hydrogen-bond acceptors (Lipinski definition) is 2. The molecule has 0 saturated carbocycles. The van der Waals surface area contributed by atoms with Crippen LogP contribution < -0.4 is 5.32 Å². The molecule has 2 rings (SSSR count). The maximum atomic E-state index is 12.9. The molecule has 0 fully saturated rings. The maximum Gasteiger partial charge on any atom is 0.257 e. The van der Waals surface area contributed by atoms with E-state index in [2.05, 4.69) is 48.8 Å². The number of carbonyl (C=O) groups excluding carboxylic acids is 1. The van der Waals surface area contributed by atoms with E-state index in [1.165, 1.54) is 6.20 Å². The number of halogens is 3. The number of pyridine rings is 1. The van der Waals surface area contributed by atoms with E-state index in [1.54, 1.807) is 6.07 Å². The molecule has 18 heavy (non-hydrogen) atoms. The van der Waals surface area contributed by atoms with Gasteiger partial charge in [0, 0.05) is 19.9 Å². The summed E-state index contributed by atoms with van der Waals surface area (Å²) in [5.74, 6) is -0.923. The summed E-state index contributed by atoms with van der Waals surface area (Å²) in [6.45, 7) is 0. The van der Waals surface area contributed by atoms with E-state index in [-0.39, 0.29) is 11.5 Å². The Kier molecular flexibility index (Phi) is 4.28. The molecule has 1 N–H and O–H groups in total. The molecule has 0 saturated heterocycles. The Morgan fingerprint density at radius 1 is 1.33 bits per heavy atom. The minimum absolute atomic E-state index is 0.188. The van der Waals surface area contributed by atoms with Crippen LogP contribution in [0.1, 0.15) is 10.4 Å². The fraction of sp³-hybridized carbons (Fsp3) is 0. The van der Waals surface area contributed by atoms with Crippen molar-refractivity contribution in [3.05, 3.63) is 56.1 Å². The second kappa shape index (κ2) is 5.75. The first-order valence-electron chi connectivity index (χ1n) is 4.93. The Hall–Kier alpha value is -1.02. The van der Waals surface area contributed by atoms with E-state index in [0.29, 0.717) is 5.69 Å². The molecule has 6 heteroatoms. The minimum Gasteiger partial charge on any atom is -0.322 e. The number of amides is 1. The molecular formula is C12H7BrFIN2O. The number of anilines is 1. The van der Waals surface area contributed by atoms with Crippen molar-refractivity contribution < 1.29 is 9.18 Å². The lowest BCUT2D eigenvalue weighted by Gasteiger charge is -2.06. The molecule has 2 aromatic rings. The van der Waals surface area contributed by atoms with Gasteiger partial charge in [0.15, 0.2) is 0 Å². The van der Waals surface area contributed by atoms with Crippen molar-refractivity contribution in [2.24, 2.45) is 0 Å². The molecule has 0 radical (unpaired) electrons. The van der Waals surface area contributed by atoms with Crippen LogP contribution in [0.3, 0.4) is 0 Å². The number of nitrogens with one attached hydrogen (secondary N) is 1. The minimum atomic E-state index is -0.534. The lowest BCUT2D eigenvalue weighted by molar-refractivity contribution is 0.102. The molecule has 1 amide bonds. The standard InChI is InChI=1S/C12H7BrFIN2O/c13-10-2-1-9(4-11(10)15)17-12(18)7-3-8(14)6-16-5-7/h1-6H,(H,17,18). The molecular weight excluding hydrogens is 414 g/mol. The van der Waals surface area contributed by atoms with Crippen LogP contribution in [0.5, 0.6) is 0 Å².